The second-order valence-corrected chi connectivity index (χ2v) is 6.11. The van der Waals surface area contributed by atoms with Gasteiger partial charge in [0, 0.05) is 31.6 Å². The third-order valence-corrected chi connectivity index (χ3v) is 4.54. The molecule has 2 aliphatic rings. The lowest BCUT2D eigenvalue weighted by Gasteiger charge is -2.21. The van der Waals surface area contributed by atoms with Crippen LogP contribution in [0.15, 0.2) is 24.3 Å². The first-order valence-corrected chi connectivity index (χ1v) is 7.97. The van der Waals surface area contributed by atoms with Crippen molar-refractivity contribution in [3.8, 4) is 0 Å². The van der Waals surface area contributed by atoms with Gasteiger partial charge < -0.3 is 14.9 Å². The van der Waals surface area contributed by atoms with Crippen molar-refractivity contribution in [1.82, 2.24) is 9.80 Å². The molecule has 0 aromatic heterocycles. The summed E-state index contributed by atoms with van der Waals surface area (Å²) in [6.45, 7) is 1.84. The minimum Gasteiger partial charge on any atom is -0.480 e. The van der Waals surface area contributed by atoms with Crippen molar-refractivity contribution < 1.29 is 19.5 Å². The fourth-order valence-electron chi connectivity index (χ4n) is 3.28. The van der Waals surface area contributed by atoms with E-state index in [1.54, 1.807) is 12.1 Å². The zero-order valence-corrected chi connectivity index (χ0v) is 12.9. The Hall–Kier alpha value is -2.37. The van der Waals surface area contributed by atoms with Gasteiger partial charge in [0.2, 0.25) is 5.91 Å². The molecule has 1 aromatic carbocycles. The minimum absolute atomic E-state index is 0.173. The van der Waals surface area contributed by atoms with Crippen LogP contribution in [0.25, 0.3) is 0 Å². The van der Waals surface area contributed by atoms with Gasteiger partial charge in [-0.2, -0.15) is 0 Å². The molecule has 122 valence electrons. The lowest BCUT2D eigenvalue weighted by Crippen LogP contribution is -2.40. The average molecular weight is 316 g/mol. The van der Waals surface area contributed by atoms with Gasteiger partial charge >= 0.3 is 5.97 Å². The highest BCUT2D eigenvalue weighted by molar-refractivity contribution is 5.97. The van der Waals surface area contributed by atoms with Crippen LogP contribution in [0.3, 0.4) is 0 Å². The fraction of sp³-hybridized carbons (Fsp3) is 0.471. The van der Waals surface area contributed by atoms with Gasteiger partial charge in [0.25, 0.3) is 5.91 Å². The molecule has 2 heterocycles. The van der Waals surface area contributed by atoms with Gasteiger partial charge in [0.1, 0.15) is 6.04 Å². The van der Waals surface area contributed by atoms with E-state index in [1.165, 1.54) is 4.90 Å². The highest BCUT2D eigenvalue weighted by Gasteiger charge is 2.34. The zero-order valence-electron chi connectivity index (χ0n) is 12.9. The fourth-order valence-corrected chi connectivity index (χ4v) is 3.28. The van der Waals surface area contributed by atoms with Gasteiger partial charge in [-0.25, -0.2) is 4.79 Å². The number of hydrogen-bond acceptors (Lipinski definition) is 3. The molecule has 2 fully saturated rings. The van der Waals surface area contributed by atoms with Crippen molar-refractivity contribution >= 4 is 17.8 Å². The van der Waals surface area contributed by atoms with Crippen LogP contribution in [-0.4, -0.2) is 51.8 Å². The van der Waals surface area contributed by atoms with E-state index in [4.69, 9.17) is 0 Å². The monoisotopic (exact) mass is 316 g/mol. The number of carbonyl (C=O) groups excluding carboxylic acids is 2. The Morgan fingerprint density at radius 2 is 1.87 bits per heavy atom. The lowest BCUT2D eigenvalue weighted by molar-refractivity contribution is -0.141. The van der Waals surface area contributed by atoms with Crippen LogP contribution in [0, 0.1) is 0 Å². The Morgan fingerprint density at radius 3 is 2.48 bits per heavy atom. The summed E-state index contributed by atoms with van der Waals surface area (Å²) in [5, 5.41) is 9.18. The molecule has 0 unspecified atom stereocenters. The van der Waals surface area contributed by atoms with Crippen LogP contribution < -0.4 is 0 Å². The first-order valence-electron chi connectivity index (χ1n) is 7.97. The van der Waals surface area contributed by atoms with Gasteiger partial charge in [-0.15, -0.1) is 0 Å². The number of aliphatic carboxylic acids is 1. The van der Waals surface area contributed by atoms with Crippen LogP contribution in [0.4, 0.5) is 0 Å². The number of benzene rings is 1. The van der Waals surface area contributed by atoms with Crippen molar-refractivity contribution in [3.63, 3.8) is 0 Å². The van der Waals surface area contributed by atoms with Crippen LogP contribution in [-0.2, 0) is 16.1 Å². The topological polar surface area (TPSA) is 77.9 Å². The molecule has 1 atom stereocenters. The normalized spacial score (nSPS) is 21.0. The van der Waals surface area contributed by atoms with Crippen molar-refractivity contribution in [2.45, 2.75) is 38.3 Å². The van der Waals surface area contributed by atoms with Crippen molar-refractivity contribution in [1.29, 1.82) is 0 Å². The van der Waals surface area contributed by atoms with E-state index in [0.29, 0.717) is 31.5 Å². The van der Waals surface area contributed by atoms with E-state index >= 15 is 0 Å². The van der Waals surface area contributed by atoms with Crippen LogP contribution in [0.1, 0.15) is 41.6 Å². The standard InChI is InChI=1S/C17H20N2O4/c20-15-4-2-9-18(15)11-12-5-7-13(8-6-12)16(21)19-10-1-3-14(19)17(22)23/h5-8,14H,1-4,9-11H2,(H,22,23)/t14-/m1/s1. The third-order valence-electron chi connectivity index (χ3n) is 4.54. The Morgan fingerprint density at radius 1 is 1.13 bits per heavy atom. The molecule has 6 heteroatoms. The second-order valence-electron chi connectivity index (χ2n) is 6.11. The number of carboxylic acid groups (broad SMARTS) is 1. The molecule has 0 bridgehead atoms. The first kappa shape index (κ1) is 15.5. The third kappa shape index (κ3) is 3.21. The molecular formula is C17H20N2O4. The summed E-state index contributed by atoms with van der Waals surface area (Å²) >= 11 is 0. The molecule has 0 saturated carbocycles. The molecular weight excluding hydrogens is 296 g/mol. The summed E-state index contributed by atoms with van der Waals surface area (Å²) in [7, 11) is 0. The van der Waals surface area contributed by atoms with E-state index < -0.39 is 12.0 Å². The lowest BCUT2D eigenvalue weighted by atomic mass is 10.1. The van der Waals surface area contributed by atoms with E-state index in [2.05, 4.69) is 0 Å². The predicted molar refractivity (Wildman–Crippen MR) is 82.8 cm³/mol. The second kappa shape index (κ2) is 6.40. The smallest absolute Gasteiger partial charge is 0.326 e. The molecule has 3 rings (SSSR count). The van der Waals surface area contributed by atoms with Crippen LogP contribution >= 0.6 is 0 Å². The largest absolute Gasteiger partial charge is 0.480 e. The number of likely N-dealkylation sites (tertiary alicyclic amines) is 2. The number of carboxylic acids is 1. The molecule has 2 aliphatic heterocycles. The number of amides is 2. The molecule has 1 aromatic rings. The van der Waals surface area contributed by atoms with Crippen LogP contribution in [0.5, 0.6) is 0 Å². The summed E-state index contributed by atoms with van der Waals surface area (Å²) in [4.78, 5) is 38.5. The summed E-state index contributed by atoms with van der Waals surface area (Å²) in [5.41, 5.74) is 1.47. The maximum absolute atomic E-state index is 12.5. The zero-order chi connectivity index (χ0) is 16.4. The average Bonchev–Trinajstić information content (AvgIpc) is 3.17. The van der Waals surface area contributed by atoms with Gasteiger partial charge in [0.15, 0.2) is 0 Å². The number of rotatable bonds is 4. The summed E-state index contributed by atoms with van der Waals surface area (Å²) in [6, 6.07) is 6.39. The van der Waals surface area contributed by atoms with Crippen molar-refractivity contribution in [2.24, 2.45) is 0 Å². The molecule has 6 nitrogen and oxygen atoms in total. The highest BCUT2D eigenvalue weighted by atomic mass is 16.4. The predicted octanol–water partition coefficient (Wildman–Crippen LogP) is 1.50. The Labute approximate surface area is 134 Å². The summed E-state index contributed by atoms with van der Waals surface area (Å²) in [6.07, 6.45) is 2.75. The molecule has 0 radical (unpaired) electrons. The minimum atomic E-state index is -0.944. The van der Waals surface area contributed by atoms with Gasteiger partial charge in [0.05, 0.1) is 0 Å². The molecule has 0 aliphatic carbocycles. The quantitative estimate of drug-likeness (QED) is 0.913. The first-order chi connectivity index (χ1) is 11.1. The maximum Gasteiger partial charge on any atom is 0.326 e. The van der Waals surface area contributed by atoms with Gasteiger partial charge in [-0.1, -0.05) is 12.1 Å². The van der Waals surface area contributed by atoms with E-state index in [0.717, 1.165) is 24.9 Å². The number of hydrogen-bond donors (Lipinski definition) is 1. The van der Waals surface area contributed by atoms with Crippen molar-refractivity contribution in [2.75, 3.05) is 13.1 Å². The van der Waals surface area contributed by atoms with Crippen molar-refractivity contribution in [3.05, 3.63) is 35.4 Å². The van der Waals surface area contributed by atoms with E-state index in [-0.39, 0.29) is 11.8 Å². The summed E-state index contributed by atoms with van der Waals surface area (Å²) < 4.78 is 0. The van der Waals surface area contributed by atoms with Gasteiger partial charge in [-0.3, -0.25) is 9.59 Å². The molecule has 23 heavy (non-hydrogen) atoms. The Bertz CT molecular complexity index is 626. The van der Waals surface area contributed by atoms with E-state index in [9.17, 15) is 19.5 Å². The summed E-state index contributed by atoms with van der Waals surface area (Å²) in [5.74, 6) is -1.01. The molecule has 2 amide bonds. The molecule has 0 spiro atoms. The Balaban J connectivity index is 1.68. The number of carbonyl (C=O) groups is 3. The number of nitrogens with zero attached hydrogens (tertiary/aromatic N) is 2. The Kier molecular flexibility index (Phi) is 4.32. The van der Waals surface area contributed by atoms with Crippen LogP contribution in [0.2, 0.25) is 0 Å². The van der Waals surface area contributed by atoms with Gasteiger partial charge in [-0.05, 0) is 37.0 Å². The molecule has 2 saturated heterocycles. The molecule has 1 N–H and O–H groups in total. The maximum atomic E-state index is 12.5. The van der Waals surface area contributed by atoms with E-state index in [1.807, 2.05) is 17.0 Å². The SMILES string of the molecule is O=C(O)[C@H]1CCCN1C(=O)c1ccc(CN2CCCC2=O)cc1. The highest BCUT2D eigenvalue weighted by Crippen LogP contribution is 2.21.